The van der Waals surface area contributed by atoms with Gasteiger partial charge in [-0.3, -0.25) is 4.79 Å². The molecule has 4 atom stereocenters. The number of hydrogen-bond acceptors (Lipinski definition) is 5. The SMILES string of the molecule is O=C(N[C@H]1CO[C@H]2[C@@H]1OC[C@@H]2O)c1ccc(OC(F)(F)F)cc1. The third kappa shape index (κ3) is 3.57. The molecule has 23 heavy (non-hydrogen) atoms. The van der Waals surface area contributed by atoms with E-state index in [2.05, 4.69) is 10.1 Å². The number of nitrogens with one attached hydrogen (secondary N) is 1. The van der Waals surface area contributed by atoms with Gasteiger partial charge in [0, 0.05) is 5.56 Å². The lowest BCUT2D eigenvalue weighted by Gasteiger charge is -2.17. The number of rotatable bonds is 3. The predicted molar refractivity (Wildman–Crippen MR) is 69.9 cm³/mol. The van der Waals surface area contributed by atoms with Gasteiger partial charge in [-0.2, -0.15) is 0 Å². The molecule has 1 aromatic carbocycles. The second kappa shape index (κ2) is 5.99. The summed E-state index contributed by atoms with van der Waals surface area (Å²) in [5, 5.41) is 12.3. The molecule has 1 aromatic rings. The lowest BCUT2D eigenvalue weighted by atomic mass is 10.1. The Labute approximate surface area is 129 Å². The van der Waals surface area contributed by atoms with E-state index in [0.717, 1.165) is 12.1 Å². The van der Waals surface area contributed by atoms with Crippen molar-refractivity contribution in [1.29, 1.82) is 0 Å². The van der Waals surface area contributed by atoms with Crippen LogP contribution in [0.25, 0.3) is 0 Å². The topological polar surface area (TPSA) is 77.0 Å². The first-order valence-electron chi connectivity index (χ1n) is 6.91. The minimum Gasteiger partial charge on any atom is -0.406 e. The van der Waals surface area contributed by atoms with E-state index in [1.165, 1.54) is 12.1 Å². The molecule has 0 spiro atoms. The third-order valence-corrected chi connectivity index (χ3v) is 3.69. The predicted octanol–water partition coefficient (Wildman–Crippen LogP) is 0.842. The zero-order chi connectivity index (χ0) is 16.6. The van der Waals surface area contributed by atoms with Gasteiger partial charge in [-0.25, -0.2) is 0 Å². The molecule has 9 heteroatoms. The quantitative estimate of drug-likeness (QED) is 0.857. The Balaban J connectivity index is 1.60. The number of ether oxygens (including phenoxy) is 3. The van der Waals surface area contributed by atoms with E-state index in [9.17, 15) is 23.1 Å². The molecule has 2 fully saturated rings. The number of fused-ring (bicyclic) bond motifs is 1. The maximum absolute atomic E-state index is 12.1. The molecule has 2 aliphatic heterocycles. The standard InChI is InChI=1S/C14H14F3NO5/c15-14(16,17)23-8-3-1-7(2-4-8)13(20)18-9-5-21-12-10(19)6-22-11(9)12/h1-4,9-12,19H,5-6H2,(H,18,20)/t9-,10-,11+,12+/m0/s1. The number of carbonyl (C=O) groups is 1. The summed E-state index contributed by atoms with van der Waals surface area (Å²) in [7, 11) is 0. The second-order valence-electron chi connectivity index (χ2n) is 5.32. The molecule has 3 rings (SSSR count). The van der Waals surface area contributed by atoms with Crippen molar-refractivity contribution in [2.45, 2.75) is 30.7 Å². The number of hydrogen-bond donors (Lipinski definition) is 2. The summed E-state index contributed by atoms with van der Waals surface area (Å²) in [6, 6.07) is 4.16. The molecule has 2 N–H and O–H groups in total. The molecule has 0 aromatic heterocycles. The molecule has 0 unspecified atom stereocenters. The van der Waals surface area contributed by atoms with E-state index in [0.29, 0.717) is 0 Å². The lowest BCUT2D eigenvalue weighted by Crippen LogP contribution is -2.44. The summed E-state index contributed by atoms with van der Waals surface area (Å²) in [5.41, 5.74) is 0.182. The zero-order valence-corrected chi connectivity index (χ0v) is 11.7. The van der Waals surface area contributed by atoms with Crippen molar-refractivity contribution >= 4 is 5.91 Å². The van der Waals surface area contributed by atoms with Crippen molar-refractivity contribution in [3.8, 4) is 5.75 Å². The van der Waals surface area contributed by atoms with E-state index >= 15 is 0 Å². The van der Waals surface area contributed by atoms with Crippen LogP contribution in [0.1, 0.15) is 10.4 Å². The highest BCUT2D eigenvalue weighted by Gasteiger charge is 2.47. The summed E-state index contributed by atoms with van der Waals surface area (Å²) in [5.74, 6) is -0.872. The van der Waals surface area contributed by atoms with Crippen LogP contribution < -0.4 is 10.1 Å². The lowest BCUT2D eigenvalue weighted by molar-refractivity contribution is -0.274. The first kappa shape index (κ1) is 16.0. The van der Waals surface area contributed by atoms with E-state index in [4.69, 9.17) is 9.47 Å². The minimum absolute atomic E-state index is 0.144. The molecular formula is C14H14F3NO5. The number of aliphatic hydroxyl groups is 1. The highest BCUT2D eigenvalue weighted by atomic mass is 19.4. The first-order valence-corrected chi connectivity index (χ1v) is 6.91. The van der Waals surface area contributed by atoms with Crippen LogP contribution in [0.3, 0.4) is 0 Å². The van der Waals surface area contributed by atoms with Crippen molar-refractivity contribution in [1.82, 2.24) is 5.32 Å². The Hall–Kier alpha value is -1.84. The Morgan fingerprint density at radius 2 is 1.83 bits per heavy atom. The zero-order valence-electron chi connectivity index (χ0n) is 11.7. The van der Waals surface area contributed by atoms with Crippen molar-refractivity contribution in [2.24, 2.45) is 0 Å². The number of alkyl halides is 3. The van der Waals surface area contributed by atoms with Gasteiger partial charge in [0.1, 0.15) is 24.1 Å². The molecule has 6 nitrogen and oxygen atoms in total. The van der Waals surface area contributed by atoms with Gasteiger partial charge in [-0.1, -0.05) is 0 Å². The number of carbonyl (C=O) groups excluding carboxylic acids is 1. The van der Waals surface area contributed by atoms with E-state index in [-0.39, 0.29) is 18.8 Å². The monoisotopic (exact) mass is 333 g/mol. The molecule has 0 radical (unpaired) electrons. The largest absolute Gasteiger partial charge is 0.573 e. The summed E-state index contributed by atoms with van der Waals surface area (Å²) in [4.78, 5) is 12.1. The Morgan fingerprint density at radius 1 is 1.17 bits per heavy atom. The summed E-state index contributed by atoms with van der Waals surface area (Å²) < 4.78 is 50.7. The van der Waals surface area contributed by atoms with Gasteiger partial charge in [-0.15, -0.1) is 13.2 Å². The fraction of sp³-hybridized carbons (Fsp3) is 0.500. The van der Waals surface area contributed by atoms with E-state index < -0.39 is 42.4 Å². The number of amides is 1. The molecule has 126 valence electrons. The van der Waals surface area contributed by atoms with Crippen molar-refractivity contribution in [3.05, 3.63) is 29.8 Å². The summed E-state index contributed by atoms with van der Waals surface area (Å²) in [6.45, 7) is 0.346. The van der Waals surface area contributed by atoms with Crippen molar-refractivity contribution in [3.63, 3.8) is 0 Å². The minimum atomic E-state index is -4.78. The fourth-order valence-electron chi connectivity index (χ4n) is 2.66. The summed E-state index contributed by atoms with van der Waals surface area (Å²) >= 11 is 0. The molecule has 2 saturated heterocycles. The molecule has 2 aliphatic rings. The number of benzene rings is 1. The van der Waals surface area contributed by atoms with Gasteiger partial charge in [0.25, 0.3) is 5.91 Å². The smallest absolute Gasteiger partial charge is 0.406 e. The Morgan fingerprint density at radius 3 is 2.48 bits per heavy atom. The van der Waals surface area contributed by atoms with Crippen LogP contribution in [0.5, 0.6) is 5.75 Å². The van der Waals surface area contributed by atoms with Crippen LogP contribution >= 0.6 is 0 Å². The van der Waals surface area contributed by atoms with Crippen LogP contribution in [0, 0.1) is 0 Å². The molecule has 0 aliphatic carbocycles. The highest BCUT2D eigenvalue weighted by molar-refractivity contribution is 5.94. The molecule has 1 amide bonds. The third-order valence-electron chi connectivity index (χ3n) is 3.69. The van der Waals surface area contributed by atoms with Gasteiger partial charge in [0.05, 0.1) is 19.3 Å². The fourth-order valence-corrected chi connectivity index (χ4v) is 2.66. The average molecular weight is 333 g/mol. The first-order chi connectivity index (χ1) is 10.8. The van der Waals surface area contributed by atoms with Crippen LogP contribution in [0.15, 0.2) is 24.3 Å². The molecular weight excluding hydrogens is 319 g/mol. The number of aliphatic hydroxyl groups excluding tert-OH is 1. The van der Waals surface area contributed by atoms with Crippen LogP contribution in [-0.4, -0.2) is 54.9 Å². The maximum Gasteiger partial charge on any atom is 0.573 e. The molecule has 0 bridgehead atoms. The Kier molecular flexibility index (Phi) is 4.17. The normalized spacial score (nSPS) is 30.1. The average Bonchev–Trinajstić information content (AvgIpc) is 3.02. The van der Waals surface area contributed by atoms with E-state index in [1.54, 1.807) is 0 Å². The van der Waals surface area contributed by atoms with Crippen LogP contribution in [0.2, 0.25) is 0 Å². The van der Waals surface area contributed by atoms with Crippen LogP contribution in [-0.2, 0) is 9.47 Å². The van der Waals surface area contributed by atoms with Gasteiger partial charge >= 0.3 is 6.36 Å². The van der Waals surface area contributed by atoms with Gasteiger partial charge in [-0.05, 0) is 24.3 Å². The Bertz CT molecular complexity index is 577. The number of halogens is 3. The van der Waals surface area contributed by atoms with Crippen molar-refractivity contribution < 1.29 is 37.3 Å². The second-order valence-corrected chi connectivity index (χ2v) is 5.32. The maximum atomic E-state index is 12.1. The van der Waals surface area contributed by atoms with Gasteiger partial charge in [0.2, 0.25) is 0 Å². The molecule has 0 saturated carbocycles. The molecule has 2 heterocycles. The van der Waals surface area contributed by atoms with E-state index in [1.807, 2.05) is 0 Å². The van der Waals surface area contributed by atoms with Gasteiger partial charge in [0.15, 0.2) is 0 Å². The summed E-state index contributed by atoms with van der Waals surface area (Å²) in [6.07, 6.45) is -6.40. The van der Waals surface area contributed by atoms with Crippen LogP contribution in [0.4, 0.5) is 13.2 Å². The highest BCUT2D eigenvalue weighted by Crippen LogP contribution is 2.27. The van der Waals surface area contributed by atoms with Crippen molar-refractivity contribution in [2.75, 3.05) is 13.2 Å². The van der Waals surface area contributed by atoms with Gasteiger partial charge < -0.3 is 24.6 Å².